The van der Waals surface area contributed by atoms with Gasteiger partial charge in [0.2, 0.25) is 0 Å². The molecule has 0 aliphatic rings. The molecule has 2 heteroatoms. The molecule has 0 spiro atoms. The standard InChI is InChI=1S/C16H27NO/c1-6-8-14(17-5)12-18-15-10-7-9-13(11-15)16(2,3)4/h7,9-11,14,17H,6,8,12H2,1-5H3. The number of rotatable bonds is 6. The highest BCUT2D eigenvalue weighted by molar-refractivity contribution is 5.32. The van der Waals surface area contributed by atoms with Crippen molar-refractivity contribution in [2.45, 2.75) is 52.0 Å². The maximum atomic E-state index is 5.88. The van der Waals surface area contributed by atoms with Crippen molar-refractivity contribution in [3.05, 3.63) is 29.8 Å². The third kappa shape index (κ3) is 4.69. The summed E-state index contributed by atoms with van der Waals surface area (Å²) in [5, 5.41) is 3.29. The molecule has 18 heavy (non-hydrogen) atoms. The molecule has 1 aromatic carbocycles. The smallest absolute Gasteiger partial charge is 0.119 e. The normalized spacial score (nSPS) is 13.4. The van der Waals surface area contributed by atoms with Crippen LogP contribution in [0.5, 0.6) is 5.75 Å². The van der Waals surface area contributed by atoms with Crippen LogP contribution in [-0.4, -0.2) is 19.7 Å². The molecule has 0 saturated heterocycles. The first-order chi connectivity index (χ1) is 8.47. The van der Waals surface area contributed by atoms with Gasteiger partial charge in [-0.1, -0.05) is 46.2 Å². The van der Waals surface area contributed by atoms with Crippen molar-refractivity contribution >= 4 is 0 Å². The van der Waals surface area contributed by atoms with Crippen LogP contribution in [0.1, 0.15) is 46.1 Å². The molecule has 0 aliphatic carbocycles. The van der Waals surface area contributed by atoms with E-state index in [2.05, 4.69) is 51.2 Å². The molecule has 0 fully saturated rings. The van der Waals surface area contributed by atoms with Gasteiger partial charge in [-0.25, -0.2) is 0 Å². The quantitative estimate of drug-likeness (QED) is 0.829. The van der Waals surface area contributed by atoms with Gasteiger partial charge in [0.15, 0.2) is 0 Å². The lowest BCUT2D eigenvalue weighted by molar-refractivity contribution is 0.262. The van der Waals surface area contributed by atoms with E-state index in [1.54, 1.807) is 0 Å². The van der Waals surface area contributed by atoms with Gasteiger partial charge in [-0.15, -0.1) is 0 Å². The van der Waals surface area contributed by atoms with Gasteiger partial charge in [0, 0.05) is 6.04 Å². The average molecular weight is 249 g/mol. The SMILES string of the molecule is CCCC(COc1cccc(C(C)(C)C)c1)NC. The molecule has 0 saturated carbocycles. The Balaban J connectivity index is 2.62. The Morgan fingerprint density at radius 3 is 2.56 bits per heavy atom. The number of likely N-dealkylation sites (N-methyl/N-ethyl adjacent to an activating group) is 1. The Labute approximate surface area is 112 Å². The molecule has 0 bridgehead atoms. The molecule has 0 aromatic heterocycles. The molecule has 1 N–H and O–H groups in total. The highest BCUT2D eigenvalue weighted by atomic mass is 16.5. The van der Waals surface area contributed by atoms with Gasteiger partial charge < -0.3 is 10.1 Å². The third-order valence-corrected chi connectivity index (χ3v) is 3.20. The highest BCUT2D eigenvalue weighted by Crippen LogP contribution is 2.25. The largest absolute Gasteiger partial charge is 0.492 e. The van der Waals surface area contributed by atoms with Crippen molar-refractivity contribution in [3.63, 3.8) is 0 Å². The van der Waals surface area contributed by atoms with Crippen molar-refractivity contribution in [1.29, 1.82) is 0 Å². The van der Waals surface area contributed by atoms with E-state index in [0.717, 1.165) is 18.8 Å². The Morgan fingerprint density at radius 2 is 2.00 bits per heavy atom. The second-order valence-electron chi connectivity index (χ2n) is 5.86. The van der Waals surface area contributed by atoms with Crippen LogP contribution in [0.2, 0.25) is 0 Å². The van der Waals surface area contributed by atoms with Crippen LogP contribution in [0, 0.1) is 0 Å². The van der Waals surface area contributed by atoms with Crippen LogP contribution >= 0.6 is 0 Å². The molecule has 1 unspecified atom stereocenters. The van der Waals surface area contributed by atoms with Crippen molar-refractivity contribution in [2.75, 3.05) is 13.7 Å². The summed E-state index contributed by atoms with van der Waals surface area (Å²) >= 11 is 0. The molecule has 0 heterocycles. The molecule has 0 radical (unpaired) electrons. The minimum atomic E-state index is 0.172. The molecule has 2 nitrogen and oxygen atoms in total. The summed E-state index contributed by atoms with van der Waals surface area (Å²) in [6.07, 6.45) is 2.33. The first-order valence-electron chi connectivity index (χ1n) is 6.88. The lowest BCUT2D eigenvalue weighted by Gasteiger charge is -2.21. The molecular formula is C16H27NO. The van der Waals surface area contributed by atoms with Gasteiger partial charge in [0.1, 0.15) is 12.4 Å². The predicted octanol–water partition coefficient (Wildman–Crippen LogP) is 3.75. The summed E-state index contributed by atoms with van der Waals surface area (Å²) in [5.74, 6) is 0.971. The maximum absolute atomic E-state index is 5.88. The molecule has 1 atom stereocenters. The molecule has 102 valence electrons. The fourth-order valence-corrected chi connectivity index (χ4v) is 1.91. The van der Waals surface area contributed by atoms with Crippen molar-refractivity contribution < 1.29 is 4.74 Å². The first kappa shape index (κ1) is 15.0. The van der Waals surface area contributed by atoms with E-state index in [1.807, 2.05) is 13.1 Å². The van der Waals surface area contributed by atoms with E-state index in [0.29, 0.717) is 6.04 Å². The second kappa shape index (κ2) is 6.79. The summed E-state index contributed by atoms with van der Waals surface area (Å²) in [5.41, 5.74) is 1.49. The van der Waals surface area contributed by atoms with Gasteiger partial charge in [-0.05, 0) is 36.6 Å². The van der Waals surface area contributed by atoms with Crippen molar-refractivity contribution in [1.82, 2.24) is 5.32 Å². The lowest BCUT2D eigenvalue weighted by Crippen LogP contribution is -2.31. The summed E-state index contributed by atoms with van der Waals surface area (Å²) < 4.78 is 5.88. The number of ether oxygens (including phenoxy) is 1. The van der Waals surface area contributed by atoms with Crippen LogP contribution in [0.25, 0.3) is 0 Å². The van der Waals surface area contributed by atoms with Gasteiger partial charge in [0.05, 0.1) is 0 Å². The van der Waals surface area contributed by atoms with E-state index in [-0.39, 0.29) is 5.41 Å². The van der Waals surface area contributed by atoms with E-state index in [1.165, 1.54) is 12.0 Å². The molecule has 1 rings (SSSR count). The molecule has 0 amide bonds. The Kier molecular flexibility index (Phi) is 5.67. The summed E-state index contributed by atoms with van der Waals surface area (Å²) in [6.45, 7) is 9.60. The second-order valence-corrected chi connectivity index (χ2v) is 5.86. The molecular weight excluding hydrogens is 222 g/mol. The lowest BCUT2D eigenvalue weighted by atomic mass is 9.87. The van der Waals surface area contributed by atoms with Crippen LogP contribution < -0.4 is 10.1 Å². The zero-order valence-corrected chi connectivity index (χ0v) is 12.4. The number of hydrogen-bond acceptors (Lipinski definition) is 2. The summed E-state index contributed by atoms with van der Waals surface area (Å²) in [4.78, 5) is 0. The first-order valence-corrected chi connectivity index (χ1v) is 6.88. The monoisotopic (exact) mass is 249 g/mol. The number of benzene rings is 1. The van der Waals surface area contributed by atoms with Gasteiger partial charge in [-0.2, -0.15) is 0 Å². The fourth-order valence-electron chi connectivity index (χ4n) is 1.91. The van der Waals surface area contributed by atoms with Crippen LogP contribution in [0.3, 0.4) is 0 Å². The van der Waals surface area contributed by atoms with Crippen molar-refractivity contribution in [3.8, 4) is 5.75 Å². The molecule has 1 aromatic rings. The Bertz CT molecular complexity index is 354. The van der Waals surface area contributed by atoms with Gasteiger partial charge >= 0.3 is 0 Å². The zero-order valence-electron chi connectivity index (χ0n) is 12.4. The summed E-state index contributed by atoms with van der Waals surface area (Å²) in [7, 11) is 2.00. The van der Waals surface area contributed by atoms with E-state index in [4.69, 9.17) is 4.74 Å². The Morgan fingerprint density at radius 1 is 1.28 bits per heavy atom. The van der Waals surface area contributed by atoms with Crippen molar-refractivity contribution in [2.24, 2.45) is 0 Å². The van der Waals surface area contributed by atoms with Gasteiger partial charge in [0.25, 0.3) is 0 Å². The van der Waals surface area contributed by atoms with Crippen LogP contribution in [-0.2, 0) is 5.41 Å². The topological polar surface area (TPSA) is 21.3 Å². The molecule has 0 aliphatic heterocycles. The Hall–Kier alpha value is -1.02. The predicted molar refractivity (Wildman–Crippen MR) is 78.4 cm³/mol. The minimum Gasteiger partial charge on any atom is -0.492 e. The fraction of sp³-hybridized carbons (Fsp3) is 0.625. The van der Waals surface area contributed by atoms with E-state index >= 15 is 0 Å². The maximum Gasteiger partial charge on any atom is 0.119 e. The van der Waals surface area contributed by atoms with E-state index in [9.17, 15) is 0 Å². The zero-order chi connectivity index (χ0) is 13.6. The number of nitrogens with one attached hydrogen (secondary N) is 1. The van der Waals surface area contributed by atoms with Gasteiger partial charge in [-0.3, -0.25) is 0 Å². The average Bonchev–Trinajstić information content (AvgIpc) is 2.34. The van der Waals surface area contributed by atoms with Crippen LogP contribution in [0.4, 0.5) is 0 Å². The third-order valence-electron chi connectivity index (χ3n) is 3.20. The van der Waals surface area contributed by atoms with Crippen LogP contribution in [0.15, 0.2) is 24.3 Å². The summed E-state index contributed by atoms with van der Waals surface area (Å²) in [6, 6.07) is 8.86. The minimum absolute atomic E-state index is 0.172. The highest BCUT2D eigenvalue weighted by Gasteiger charge is 2.14. The van der Waals surface area contributed by atoms with E-state index < -0.39 is 0 Å². The number of hydrogen-bond donors (Lipinski definition) is 1.